The van der Waals surface area contributed by atoms with Crippen molar-refractivity contribution >= 4 is 11.8 Å². The molecule has 1 aliphatic carbocycles. The van der Waals surface area contributed by atoms with E-state index >= 15 is 0 Å². The van der Waals surface area contributed by atoms with E-state index in [2.05, 4.69) is 10.6 Å². The van der Waals surface area contributed by atoms with E-state index in [9.17, 15) is 9.59 Å². The van der Waals surface area contributed by atoms with E-state index in [-0.39, 0.29) is 18.4 Å². The van der Waals surface area contributed by atoms with Crippen molar-refractivity contribution in [2.45, 2.75) is 57.0 Å². The number of ether oxygens (including phenoxy) is 1. The normalized spacial score (nSPS) is 19.1. The van der Waals surface area contributed by atoms with Crippen molar-refractivity contribution in [2.75, 3.05) is 20.3 Å². The fourth-order valence-electron chi connectivity index (χ4n) is 2.56. The second-order valence-electron chi connectivity index (χ2n) is 5.45. The molecule has 0 bridgehead atoms. The molecule has 0 radical (unpaired) electrons. The zero-order valence-corrected chi connectivity index (χ0v) is 12.5. The monoisotopic (exact) mass is 285 g/mol. The summed E-state index contributed by atoms with van der Waals surface area (Å²) in [5, 5.41) is 5.76. The van der Waals surface area contributed by atoms with Crippen LogP contribution < -0.4 is 16.4 Å². The van der Waals surface area contributed by atoms with Gasteiger partial charge in [0.25, 0.3) is 0 Å². The molecular weight excluding hydrogens is 258 g/mol. The van der Waals surface area contributed by atoms with Gasteiger partial charge in [-0.1, -0.05) is 26.2 Å². The molecule has 0 aromatic heterocycles. The first-order valence-electron chi connectivity index (χ1n) is 7.40. The average Bonchev–Trinajstić information content (AvgIpc) is 2.45. The number of carbonyl (C=O) groups excluding carboxylic acids is 2. The van der Waals surface area contributed by atoms with Gasteiger partial charge in [-0.05, 0) is 19.3 Å². The van der Waals surface area contributed by atoms with Gasteiger partial charge in [0.1, 0.15) is 11.6 Å². The van der Waals surface area contributed by atoms with E-state index in [1.165, 1.54) is 7.11 Å². The van der Waals surface area contributed by atoms with Crippen LogP contribution in [0, 0.1) is 0 Å². The fourth-order valence-corrected chi connectivity index (χ4v) is 2.56. The maximum Gasteiger partial charge on any atom is 0.245 e. The molecule has 0 saturated heterocycles. The molecule has 6 nitrogen and oxygen atoms in total. The molecular formula is C14H27N3O3. The third-order valence-corrected chi connectivity index (χ3v) is 3.72. The van der Waals surface area contributed by atoms with Crippen molar-refractivity contribution in [3.63, 3.8) is 0 Å². The number of rotatable bonds is 7. The molecule has 0 aromatic rings. The van der Waals surface area contributed by atoms with Crippen LogP contribution in [0.4, 0.5) is 0 Å². The summed E-state index contributed by atoms with van der Waals surface area (Å²) in [4.78, 5) is 24.5. The van der Waals surface area contributed by atoms with Gasteiger partial charge in [0.05, 0.1) is 6.61 Å². The molecule has 1 aliphatic rings. The smallest absolute Gasteiger partial charge is 0.245 e. The average molecular weight is 285 g/mol. The molecule has 1 atom stereocenters. The molecule has 0 heterocycles. The van der Waals surface area contributed by atoms with Gasteiger partial charge in [0, 0.05) is 13.7 Å². The number of nitrogens with one attached hydrogen (secondary N) is 2. The minimum atomic E-state index is -0.796. The van der Waals surface area contributed by atoms with Crippen molar-refractivity contribution < 1.29 is 14.3 Å². The fraction of sp³-hybridized carbons (Fsp3) is 0.857. The Hall–Kier alpha value is -1.14. The van der Waals surface area contributed by atoms with Crippen molar-refractivity contribution in [3.8, 4) is 0 Å². The summed E-state index contributed by atoms with van der Waals surface area (Å²) >= 11 is 0. The van der Waals surface area contributed by atoms with Crippen LogP contribution in [-0.4, -0.2) is 43.7 Å². The van der Waals surface area contributed by atoms with Gasteiger partial charge in [-0.3, -0.25) is 9.59 Å². The lowest BCUT2D eigenvalue weighted by atomic mass is 9.80. The first kappa shape index (κ1) is 16.9. The Kier molecular flexibility index (Phi) is 6.95. The number of amides is 2. The zero-order chi connectivity index (χ0) is 15.0. The second kappa shape index (κ2) is 8.21. The van der Waals surface area contributed by atoms with Gasteiger partial charge in [-0.15, -0.1) is 0 Å². The second-order valence-corrected chi connectivity index (χ2v) is 5.45. The van der Waals surface area contributed by atoms with Crippen LogP contribution >= 0.6 is 0 Å². The van der Waals surface area contributed by atoms with Gasteiger partial charge < -0.3 is 21.1 Å². The molecule has 20 heavy (non-hydrogen) atoms. The number of hydrogen-bond donors (Lipinski definition) is 3. The minimum absolute atomic E-state index is 0.0861. The molecule has 0 aromatic carbocycles. The number of hydrogen-bond acceptors (Lipinski definition) is 4. The topological polar surface area (TPSA) is 93.5 Å². The SMILES string of the molecule is CCCNC(=O)C1(NC(=O)C(N)COC)CCCCC1. The highest BCUT2D eigenvalue weighted by atomic mass is 16.5. The molecule has 1 unspecified atom stereocenters. The van der Waals surface area contributed by atoms with E-state index in [0.29, 0.717) is 19.4 Å². The summed E-state index contributed by atoms with van der Waals surface area (Å²) in [7, 11) is 1.50. The quantitative estimate of drug-likeness (QED) is 0.627. The van der Waals surface area contributed by atoms with Crippen LogP contribution in [0.5, 0.6) is 0 Å². The van der Waals surface area contributed by atoms with Crippen LogP contribution in [0.3, 0.4) is 0 Å². The van der Waals surface area contributed by atoms with E-state index in [0.717, 1.165) is 25.7 Å². The van der Waals surface area contributed by atoms with Gasteiger partial charge in [-0.25, -0.2) is 0 Å². The van der Waals surface area contributed by atoms with Gasteiger partial charge in [0.2, 0.25) is 11.8 Å². The zero-order valence-electron chi connectivity index (χ0n) is 12.5. The first-order chi connectivity index (χ1) is 9.55. The Morgan fingerprint density at radius 1 is 1.30 bits per heavy atom. The van der Waals surface area contributed by atoms with Crippen LogP contribution in [0.2, 0.25) is 0 Å². The predicted molar refractivity (Wildman–Crippen MR) is 77.1 cm³/mol. The Balaban J connectivity index is 2.72. The minimum Gasteiger partial charge on any atom is -0.383 e. The summed E-state index contributed by atoms with van der Waals surface area (Å²) in [5.74, 6) is -0.405. The standard InChI is InChI=1S/C14H27N3O3/c1-3-9-16-13(19)14(7-5-4-6-8-14)17-12(18)11(15)10-20-2/h11H,3-10,15H2,1-2H3,(H,16,19)(H,17,18). The third-order valence-electron chi connectivity index (χ3n) is 3.72. The Morgan fingerprint density at radius 3 is 2.50 bits per heavy atom. The first-order valence-corrected chi connectivity index (χ1v) is 7.40. The lowest BCUT2D eigenvalue weighted by Crippen LogP contribution is -2.62. The van der Waals surface area contributed by atoms with Crippen LogP contribution in [0.25, 0.3) is 0 Å². The van der Waals surface area contributed by atoms with E-state index < -0.39 is 11.6 Å². The van der Waals surface area contributed by atoms with Crippen LogP contribution in [0.15, 0.2) is 0 Å². The summed E-state index contributed by atoms with van der Waals surface area (Å²) in [5.41, 5.74) is 4.94. The van der Waals surface area contributed by atoms with Crippen molar-refractivity contribution in [1.82, 2.24) is 10.6 Å². The predicted octanol–water partition coefficient (Wildman–Crippen LogP) is 0.305. The largest absolute Gasteiger partial charge is 0.383 e. The summed E-state index contributed by atoms with van der Waals surface area (Å²) in [6, 6.07) is -0.738. The lowest BCUT2D eigenvalue weighted by Gasteiger charge is -2.37. The highest BCUT2D eigenvalue weighted by Gasteiger charge is 2.41. The summed E-state index contributed by atoms with van der Waals surface area (Å²) in [6.45, 7) is 2.78. The van der Waals surface area contributed by atoms with Gasteiger partial charge >= 0.3 is 0 Å². The van der Waals surface area contributed by atoms with E-state index in [4.69, 9.17) is 10.5 Å². The van der Waals surface area contributed by atoms with Gasteiger partial charge in [-0.2, -0.15) is 0 Å². The Bertz CT molecular complexity index is 328. The van der Waals surface area contributed by atoms with Crippen molar-refractivity contribution in [2.24, 2.45) is 5.73 Å². The van der Waals surface area contributed by atoms with Gasteiger partial charge in [0.15, 0.2) is 0 Å². The molecule has 2 amide bonds. The maximum atomic E-state index is 12.4. The van der Waals surface area contributed by atoms with Crippen molar-refractivity contribution in [1.29, 1.82) is 0 Å². The lowest BCUT2D eigenvalue weighted by molar-refractivity contribution is -0.136. The molecule has 0 spiro atoms. The number of nitrogens with two attached hydrogens (primary N) is 1. The van der Waals surface area contributed by atoms with E-state index in [1.807, 2.05) is 6.92 Å². The Labute approximate surface area is 120 Å². The molecule has 1 saturated carbocycles. The third kappa shape index (κ3) is 4.45. The molecule has 1 fully saturated rings. The molecule has 0 aliphatic heterocycles. The maximum absolute atomic E-state index is 12.4. The van der Waals surface area contributed by atoms with Crippen LogP contribution in [0.1, 0.15) is 45.4 Å². The van der Waals surface area contributed by atoms with Crippen molar-refractivity contribution in [3.05, 3.63) is 0 Å². The molecule has 4 N–H and O–H groups in total. The van der Waals surface area contributed by atoms with E-state index in [1.54, 1.807) is 0 Å². The van der Waals surface area contributed by atoms with Crippen LogP contribution in [-0.2, 0) is 14.3 Å². The summed E-state index contributed by atoms with van der Waals surface area (Å²) in [6.07, 6.45) is 5.21. The molecule has 1 rings (SSSR count). The molecule has 6 heteroatoms. The molecule has 116 valence electrons. The Morgan fingerprint density at radius 2 is 1.95 bits per heavy atom. The number of carbonyl (C=O) groups is 2. The highest BCUT2D eigenvalue weighted by molar-refractivity contribution is 5.93. The summed E-state index contributed by atoms with van der Waals surface area (Å²) < 4.78 is 4.89. The number of methoxy groups -OCH3 is 1. The highest BCUT2D eigenvalue weighted by Crippen LogP contribution is 2.28.